The van der Waals surface area contributed by atoms with E-state index in [-0.39, 0.29) is 18.2 Å². The smallest absolute Gasteiger partial charge is 0.407 e. The molecular weight excluding hydrogens is 186 g/mol. The molecule has 1 amide bonds. The summed E-state index contributed by atoms with van der Waals surface area (Å²) in [4.78, 5) is 11.2. The molecule has 0 aromatic carbocycles. The summed E-state index contributed by atoms with van der Waals surface area (Å²) < 4.78 is 4.97. The molecule has 0 bridgehead atoms. The molecule has 0 aliphatic rings. The molecule has 0 radical (unpaired) electrons. The Morgan fingerprint density at radius 3 is 2.54 bits per heavy atom. The van der Waals surface area contributed by atoms with Crippen LogP contribution in [0.5, 0.6) is 0 Å². The summed E-state index contributed by atoms with van der Waals surface area (Å²) >= 11 is 1.72. The van der Waals surface area contributed by atoms with Crippen LogP contribution in [0, 0.1) is 0 Å². The Balaban J connectivity index is 3.73. The number of rotatable bonds is 5. The van der Waals surface area contributed by atoms with E-state index in [0.717, 1.165) is 12.2 Å². The number of alkyl carbamates (subject to hydrolysis) is 1. The molecule has 0 heterocycles. The molecular formula is C9H19NO2S. The summed E-state index contributed by atoms with van der Waals surface area (Å²) in [6.45, 7) is 5.74. The molecule has 1 N–H and O–H groups in total. The van der Waals surface area contributed by atoms with Gasteiger partial charge in [-0.15, -0.1) is 0 Å². The maximum atomic E-state index is 11.2. The second kappa shape index (κ2) is 7.06. The summed E-state index contributed by atoms with van der Waals surface area (Å²) in [5.74, 6) is 0.934. The lowest BCUT2D eigenvalue weighted by Gasteiger charge is -2.16. The molecule has 1 unspecified atom stereocenters. The fraction of sp³-hybridized carbons (Fsp3) is 0.889. The molecule has 0 aromatic heterocycles. The minimum Gasteiger partial charge on any atom is -0.447 e. The molecule has 0 aliphatic heterocycles. The summed E-state index contributed by atoms with van der Waals surface area (Å²) in [7, 11) is 0. The third-order valence-corrected chi connectivity index (χ3v) is 2.26. The number of amides is 1. The molecule has 0 aromatic rings. The van der Waals surface area contributed by atoms with Crippen LogP contribution in [-0.2, 0) is 4.74 Å². The van der Waals surface area contributed by atoms with E-state index in [1.165, 1.54) is 0 Å². The number of carbonyl (C=O) groups excluding carboxylic acids is 1. The lowest BCUT2D eigenvalue weighted by molar-refractivity contribution is 0.113. The van der Waals surface area contributed by atoms with Gasteiger partial charge in [-0.3, -0.25) is 0 Å². The van der Waals surface area contributed by atoms with Crippen molar-refractivity contribution in [1.29, 1.82) is 0 Å². The van der Waals surface area contributed by atoms with E-state index in [1.54, 1.807) is 11.8 Å². The van der Waals surface area contributed by atoms with Gasteiger partial charge in [0.25, 0.3) is 0 Å². The number of hydrogen-bond donors (Lipinski definition) is 1. The molecule has 0 aliphatic carbocycles. The molecule has 1 atom stereocenters. The highest BCUT2D eigenvalue weighted by Gasteiger charge is 2.11. The van der Waals surface area contributed by atoms with Crippen molar-refractivity contribution in [2.75, 3.05) is 12.0 Å². The lowest BCUT2D eigenvalue weighted by atomic mass is 10.3. The highest BCUT2D eigenvalue weighted by molar-refractivity contribution is 7.98. The zero-order chi connectivity index (χ0) is 10.3. The predicted octanol–water partition coefficient (Wildman–Crippen LogP) is 2.26. The molecule has 0 spiro atoms. The van der Waals surface area contributed by atoms with Gasteiger partial charge in [0.2, 0.25) is 0 Å². The molecule has 0 fully saturated rings. The Labute approximate surface area is 84.6 Å². The number of carbonyl (C=O) groups is 1. The normalized spacial score (nSPS) is 12.7. The van der Waals surface area contributed by atoms with Gasteiger partial charge in [-0.1, -0.05) is 6.92 Å². The van der Waals surface area contributed by atoms with Gasteiger partial charge >= 0.3 is 6.09 Å². The largest absolute Gasteiger partial charge is 0.447 e. The van der Waals surface area contributed by atoms with Crippen LogP contribution >= 0.6 is 11.8 Å². The van der Waals surface area contributed by atoms with Crippen LogP contribution in [0.1, 0.15) is 27.2 Å². The zero-order valence-corrected chi connectivity index (χ0v) is 9.61. The third kappa shape index (κ3) is 6.75. The summed E-state index contributed by atoms with van der Waals surface area (Å²) in [6.07, 6.45) is 2.61. The van der Waals surface area contributed by atoms with Gasteiger partial charge < -0.3 is 10.1 Å². The van der Waals surface area contributed by atoms with E-state index in [1.807, 2.05) is 20.1 Å². The van der Waals surface area contributed by atoms with Gasteiger partial charge in [0.05, 0.1) is 6.10 Å². The first-order valence-electron chi connectivity index (χ1n) is 4.56. The summed E-state index contributed by atoms with van der Waals surface area (Å²) in [5.41, 5.74) is 0. The summed E-state index contributed by atoms with van der Waals surface area (Å²) in [5, 5.41) is 2.82. The van der Waals surface area contributed by atoms with Crippen LogP contribution in [0.4, 0.5) is 4.79 Å². The lowest BCUT2D eigenvalue weighted by Crippen LogP contribution is -2.37. The molecule has 13 heavy (non-hydrogen) atoms. The van der Waals surface area contributed by atoms with Gasteiger partial charge in [-0.05, 0) is 26.5 Å². The molecule has 4 heteroatoms. The van der Waals surface area contributed by atoms with E-state index >= 15 is 0 Å². The van der Waals surface area contributed by atoms with Gasteiger partial charge in [-0.25, -0.2) is 4.79 Å². The molecule has 0 saturated carbocycles. The van der Waals surface area contributed by atoms with E-state index in [4.69, 9.17) is 4.74 Å². The summed E-state index contributed by atoms with van der Waals surface area (Å²) in [6, 6.07) is 0.223. The average molecular weight is 205 g/mol. The van der Waals surface area contributed by atoms with Gasteiger partial charge in [-0.2, -0.15) is 11.8 Å². The number of thioether (sulfide) groups is 1. The SMILES string of the molecule is CCC(CSC)NC(=O)OC(C)C. The number of hydrogen-bond acceptors (Lipinski definition) is 3. The molecule has 3 nitrogen and oxygen atoms in total. The van der Waals surface area contributed by atoms with Crippen molar-refractivity contribution in [1.82, 2.24) is 5.32 Å². The van der Waals surface area contributed by atoms with Crippen LogP contribution in [0.2, 0.25) is 0 Å². The third-order valence-electron chi connectivity index (χ3n) is 1.53. The topological polar surface area (TPSA) is 38.3 Å². The van der Waals surface area contributed by atoms with Crippen LogP contribution in [-0.4, -0.2) is 30.2 Å². The van der Waals surface area contributed by atoms with Gasteiger partial charge in [0.15, 0.2) is 0 Å². The average Bonchev–Trinajstić information content (AvgIpc) is 2.02. The molecule has 78 valence electrons. The zero-order valence-electron chi connectivity index (χ0n) is 8.79. The number of nitrogens with one attached hydrogen (secondary N) is 1. The molecule has 0 rings (SSSR count). The van der Waals surface area contributed by atoms with Gasteiger partial charge in [0.1, 0.15) is 0 Å². The first-order chi connectivity index (χ1) is 6.10. The van der Waals surface area contributed by atoms with Crippen molar-refractivity contribution in [3.05, 3.63) is 0 Å². The Morgan fingerprint density at radius 2 is 2.15 bits per heavy atom. The first-order valence-corrected chi connectivity index (χ1v) is 5.95. The van der Waals surface area contributed by atoms with Crippen LogP contribution < -0.4 is 5.32 Å². The maximum absolute atomic E-state index is 11.2. The van der Waals surface area contributed by atoms with Gasteiger partial charge in [0, 0.05) is 11.8 Å². The van der Waals surface area contributed by atoms with Crippen LogP contribution in [0.3, 0.4) is 0 Å². The maximum Gasteiger partial charge on any atom is 0.407 e. The highest BCUT2D eigenvalue weighted by atomic mass is 32.2. The van der Waals surface area contributed by atoms with Crippen molar-refractivity contribution in [3.8, 4) is 0 Å². The van der Waals surface area contributed by atoms with E-state index in [2.05, 4.69) is 12.2 Å². The Hall–Kier alpha value is -0.380. The highest BCUT2D eigenvalue weighted by Crippen LogP contribution is 2.01. The minimum atomic E-state index is -0.309. The van der Waals surface area contributed by atoms with Crippen molar-refractivity contribution in [3.63, 3.8) is 0 Å². The predicted molar refractivity (Wildman–Crippen MR) is 57.2 cm³/mol. The van der Waals surface area contributed by atoms with Crippen molar-refractivity contribution < 1.29 is 9.53 Å². The molecule has 0 saturated heterocycles. The second-order valence-corrected chi connectivity index (χ2v) is 4.07. The quantitative estimate of drug-likeness (QED) is 0.748. The Bertz CT molecular complexity index is 151. The number of ether oxygens (including phenoxy) is 1. The Kier molecular flexibility index (Phi) is 6.86. The van der Waals surface area contributed by atoms with E-state index in [9.17, 15) is 4.79 Å². The second-order valence-electron chi connectivity index (χ2n) is 3.16. The fourth-order valence-electron chi connectivity index (χ4n) is 0.878. The minimum absolute atomic E-state index is 0.0493. The first kappa shape index (κ1) is 12.6. The Morgan fingerprint density at radius 1 is 1.54 bits per heavy atom. The van der Waals surface area contributed by atoms with Crippen LogP contribution in [0.15, 0.2) is 0 Å². The van der Waals surface area contributed by atoms with Crippen LogP contribution in [0.25, 0.3) is 0 Å². The van der Waals surface area contributed by atoms with Crippen molar-refractivity contribution >= 4 is 17.9 Å². The van der Waals surface area contributed by atoms with Crippen molar-refractivity contribution in [2.24, 2.45) is 0 Å². The monoisotopic (exact) mass is 205 g/mol. The fourth-order valence-corrected chi connectivity index (χ4v) is 1.60. The van der Waals surface area contributed by atoms with E-state index in [0.29, 0.717) is 0 Å². The standard InChI is InChI=1S/C9H19NO2S/c1-5-8(6-13-4)10-9(11)12-7(2)3/h7-8H,5-6H2,1-4H3,(H,10,11). The van der Waals surface area contributed by atoms with E-state index < -0.39 is 0 Å². The van der Waals surface area contributed by atoms with Crippen molar-refractivity contribution in [2.45, 2.75) is 39.3 Å².